The fourth-order valence-electron chi connectivity index (χ4n) is 1.91. The summed E-state index contributed by atoms with van der Waals surface area (Å²) in [6.45, 7) is 4.43. The van der Waals surface area contributed by atoms with Gasteiger partial charge in [0.25, 0.3) is 0 Å². The predicted octanol–water partition coefficient (Wildman–Crippen LogP) is 2.44. The van der Waals surface area contributed by atoms with Crippen molar-refractivity contribution in [3.8, 4) is 0 Å². The van der Waals surface area contributed by atoms with E-state index < -0.39 is 0 Å². The van der Waals surface area contributed by atoms with Crippen LogP contribution < -0.4 is 10.6 Å². The van der Waals surface area contributed by atoms with Gasteiger partial charge in [-0.3, -0.25) is 4.79 Å². The van der Waals surface area contributed by atoms with Crippen molar-refractivity contribution in [3.63, 3.8) is 0 Å². The molecule has 0 radical (unpaired) electrons. The van der Waals surface area contributed by atoms with Gasteiger partial charge >= 0.3 is 0 Å². The van der Waals surface area contributed by atoms with Gasteiger partial charge in [-0.1, -0.05) is 31.3 Å². The summed E-state index contributed by atoms with van der Waals surface area (Å²) in [5, 5.41) is -0.0570. The lowest BCUT2D eigenvalue weighted by Crippen LogP contribution is -2.44. The standard InChI is InChI=1S/C13H16N2OS2/c1-8(12(14)17)7-15-10-5-3-4-6-11(10)18-9(2)13(15)16/h3-6,8-9H,7H2,1-2H3,(H2,14,17). The summed E-state index contributed by atoms with van der Waals surface area (Å²) >= 11 is 6.59. The smallest absolute Gasteiger partial charge is 0.240 e. The lowest BCUT2D eigenvalue weighted by Gasteiger charge is -2.33. The highest BCUT2D eigenvalue weighted by atomic mass is 32.2. The van der Waals surface area contributed by atoms with Gasteiger partial charge in [0.2, 0.25) is 5.91 Å². The number of rotatable bonds is 3. The van der Waals surface area contributed by atoms with E-state index in [9.17, 15) is 4.79 Å². The van der Waals surface area contributed by atoms with Gasteiger partial charge < -0.3 is 10.6 Å². The maximum absolute atomic E-state index is 12.3. The van der Waals surface area contributed by atoms with E-state index in [0.717, 1.165) is 10.6 Å². The van der Waals surface area contributed by atoms with Gasteiger partial charge in [-0.15, -0.1) is 11.8 Å². The van der Waals surface area contributed by atoms with Crippen molar-refractivity contribution in [1.29, 1.82) is 0 Å². The molecule has 2 N–H and O–H groups in total. The van der Waals surface area contributed by atoms with Crippen LogP contribution in [0.1, 0.15) is 13.8 Å². The summed E-state index contributed by atoms with van der Waals surface area (Å²) in [5.74, 6) is 0.147. The highest BCUT2D eigenvalue weighted by Crippen LogP contribution is 2.39. The zero-order valence-corrected chi connectivity index (χ0v) is 12.1. The van der Waals surface area contributed by atoms with Crippen molar-refractivity contribution in [1.82, 2.24) is 0 Å². The van der Waals surface area contributed by atoms with E-state index in [-0.39, 0.29) is 17.1 Å². The fraction of sp³-hybridized carbons (Fsp3) is 0.385. The van der Waals surface area contributed by atoms with E-state index in [0.29, 0.717) is 11.5 Å². The molecule has 0 saturated carbocycles. The van der Waals surface area contributed by atoms with Crippen LogP contribution in [0.4, 0.5) is 5.69 Å². The van der Waals surface area contributed by atoms with Gasteiger partial charge in [-0.05, 0) is 19.1 Å². The fourth-order valence-corrected chi connectivity index (χ4v) is 3.05. The Bertz CT molecular complexity index is 490. The van der Waals surface area contributed by atoms with Crippen molar-refractivity contribution in [2.24, 2.45) is 11.7 Å². The first-order chi connectivity index (χ1) is 8.50. The molecular weight excluding hydrogens is 264 g/mol. The van der Waals surface area contributed by atoms with Crippen LogP contribution in [0.15, 0.2) is 29.2 Å². The third-order valence-electron chi connectivity index (χ3n) is 3.02. The minimum absolute atomic E-state index is 0.0207. The second-order valence-electron chi connectivity index (χ2n) is 4.48. The lowest BCUT2D eigenvalue weighted by molar-refractivity contribution is -0.118. The van der Waals surface area contributed by atoms with Gasteiger partial charge in [0.05, 0.1) is 15.9 Å². The third kappa shape index (κ3) is 2.52. The normalized spacial score (nSPS) is 20.4. The van der Waals surface area contributed by atoms with Crippen molar-refractivity contribution in [2.75, 3.05) is 11.4 Å². The Morgan fingerprint density at radius 1 is 1.56 bits per heavy atom. The van der Waals surface area contributed by atoms with E-state index >= 15 is 0 Å². The molecule has 0 spiro atoms. The molecule has 2 unspecified atom stereocenters. The lowest BCUT2D eigenvalue weighted by atomic mass is 10.1. The quantitative estimate of drug-likeness (QED) is 0.864. The number of amides is 1. The summed E-state index contributed by atoms with van der Waals surface area (Å²) in [6.07, 6.45) is 0. The van der Waals surface area contributed by atoms with Crippen LogP contribution in [0.2, 0.25) is 0 Å². The van der Waals surface area contributed by atoms with Crippen LogP contribution in [-0.2, 0) is 4.79 Å². The molecule has 5 heteroatoms. The zero-order chi connectivity index (χ0) is 13.3. The number of nitrogens with zero attached hydrogens (tertiary/aromatic N) is 1. The summed E-state index contributed by atoms with van der Waals surface area (Å²) < 4.78 is 0. The molecule has 3 nitrogen and oxygen atoms in total. The molecule has 0 aromatic heterocycles. The maximum Gasteiger partial charge on any atom is 0.240 e. The first kappa shape index (κ1) is 13.4. The monoisotopic (exact) mass is 280 g/mol. The number of fused-ring (bicyclic) bond motifs is 1. The Balaban J connectivity index is 2.32. The molecule has 2 rings (SSSR count). The third-order valence-corrected chi connectivity index (χ3v) is 4.57. The number of hydrogen-bond donors (Lipinski definition) is 1. The molecule has 1 aromatic rings. The van der Waals surface area contributed by atoms with Crippen LogP contribution in [0, 0.1) is 5.92 Å². The molecule has 1 aliphatic heterocycles. The van der Waals surface area contributed by atoms with E-state index in [2.05, 4.69) is 0 Å². The van der Waals surface area contributed by atoms with Crippen molar-refractivity contribution >= 4 is 40.6 Å². The first-order valence-electron chi connectivity index (χ1n) is 5.87. The number of anilines is 1. The average Bonchev–Trinajstić information content (AvgIpc) is 2.34. The predicted molar refractivity (Wildman–Crippen MR) is 80.1 cm³/mol. The number of nitrogens with two attached hydrogens (primary N) is 1. The van der Waals surface area contributed by atoms with Crippen molar-refractivity contribution in [3.05, 3.63) is 24.3 Å². The Hall–Kier alpha value is -1.07. The molecule has 1 aliphatic rings. The first-order valence-corrected chi connectivity index (χ1v) is 7.16. The summed E-state index contributed by atoms with van der Waals surface area (Å²) in [4.78, 5) is 15.7. The summed E-state index contributed by atoms with van der Waals surface area (Å²) in [7, 11) is 0. The number of hydrogen-bond acceptors (Lipinski definition) is 3. The number of carbonyl (C=O) groups is 1. The van der Waals surface area contributed by atoms with Crippen LogP contribution in [0.5, 0.6) is 0 Å². The largest absolute Gasteiger partial charge is 0.393 e. The minimum Gasteiger partial charge on any atom is -0.393 e. The SMILES string of the molecule is CC(CN1C(=O)C(C)Sc2ccccc21)C(N)=S. The average molecular weight is 280 g/mol. The molecule has 1 aromatic carbocycles. The highest BCUT2D eigenvalue weighted by molar-refractivity contribution is 8.01. The van der Waals surface area contributed by atoms with Gasteiger partial charge in [-0.25, -0.2) is 0 Å². The van der Waals surface area contributed by atoms with Crippen molar-refractivity contribution in [2.45, 2.75) is 24.0 Å². The Labute approximate surface area is 117 Å². The van der Waals surface area contributed by atoms with Crippen LogP contribution >= 0.6 is 24.0 Å². The number of carbonyl (C=O) groups excluding carboxylic acids is 1. The summed E-state index contributed by atoms with van der Waals surface area (Å²) in [6, 6.07) is 7.95. The second kappa shape index (κ2) is 5.28. The molecule has 1 amide bonds. The van der Waals surface area contributed by atoms with Gasteiger partial charge in [-0.2, -0.15) is 0 Å². The molecule has 0 fully saturated rings. The molecule has 1 heterocycles. The van der Waals surface area contributed by atoms with E-state index in [1.165, 1.54) is 0 Å². The minimum atomic E-state index is -0.0570. The van der Waals surface area contributed by atoms with Gasteiger partial charge in [0.15, 0.2) is 0 Å². The number of benzene rings is 1. The van der Waals surface area contributed by atoms with Crippen LogP contribution in [-0.4, -0.2) is 22.7 Å². The van der Waals surface area contributed by atoms with E-state index in [1.807, 2.05) is 38.1 Å². The molecule has 96 valence electrons. The molecule has 18 heavy (non-hydrogen) atoms. The van der Waals surface area contributed by atoms with E-state index in [1.54, 1.807) is 16.7 Å². The Kier molecular flexibility index (Phi) is 3.92. The second-order valence-corrected chi connectivity index (χ2v) is 6.33. The van der Waals surface area contributed by atoms with Gasteiger partial charge in [0, 0.05) is 17.4 Å². The molecule has 2 atom stereocenters. The molecular formula is C13H16N2OS2. The maximum atomic E-state index is 12.3. The van der Waals surface area contributed by atoms with Crippen LogP contribution in [0.25, 0.3) is 0 Å². The number of para-hydroxylation sites is 1. The highest BCUT2D eigenvalue weighted by Gasteiger charge is 2.31. The Morgan fingerprint density at radius 3 is 2.89 bits per heavy atom. The zero-order valence-electron chi connectivity index (χ0n) is 10.4. The number of thioether (sulfide) groups is 1. The van der Waals surface area contributed by atoms with E-state index in [4.69, 9.17) is 18.0 Å². The summed E-state index contributed by atoms with van der Waals surface area (Å²) in [5.41, 5.74) is 6.61. The topological polar surface area (TPSA) is 46.3 Å². The Morgan fingerprint density at radius 2 is 2.22 bits per heavy atom. The van der Waals surface area contributed by atoms with Crippen molar-refractivity contribution < 1.29 is 4.79 Å². The molecule has 0 saturated heterocycles. The van der Waals surface area contributed by atoms with Gasteiger partial charge in [0.1, 0.15) is 0 Å². The van der Waals surface area contributed by atoms with Crippen LogP contribution in [0.3, 0.4) is 0 Å². The molecule has 0 bridgehead atoms. The molecule has 0 aliphatic carbocycles. The number of thiocarbonyl (C=S) groups is 1.